The van der Waals surface area contributed by atoms with Gasteiger partial charge >= 0.3 is 0 Å². The molecule has 1 aliphatic rings. The second kappa shape index (κ2) is 6.14. The van der Waals surface area contributed by atoms with Crippen LogP contribution < -0.4 is 5.32 Å². The van der Waals surface area contributed by atoms with E-state index in [0.717, 1.165) is 43.7 Å². The van der Waals surface area contributed by atoms with Crippen LogP contribution in [0.2, 0.25) is 0 Å². The smallest absolute Gasteiger partial charge is 0.129 e. The number of nitrogens with one attached hydrogen (secondary N) is 1. The molecule has 0 amide bonds. The zero-order chi connectivity index (χ0) is 12.8. The molecule has 2 N–H and O–H groups in total. The lowest BCUT2D eigenvalue weighted by molar-refractivity contribution is 0.142. The van der Waals surface area contributed by atoms with Crippen LogP contribution in [-0.4, -0.2) is 28.2 Å². The van der Waals surface area contributed by atoms with Crippen LogP contribution in [0.5, 0.6) is 0 Å². The highest BCUT2D eigenvalue weighted by molar-refractivity contribution is 5.35. The van der Waals surface area contributed by atoms with E-state index in [9.17, 15) is 5.11 Å². The second-order valence-corrected chi connectivity index (χ2v) is 5.36. The first-order valence-corrected chi connectivity index (χ1v) is 6.94. The average molecular weight is 249 g/mol. The fraction of sp³-hybridized carbons (Fsp3) is 0.714. The summed E-state index contributed by atoms with van der Waals surface area (Å²) in [6.07, 6.45) is 8.39. The van der Waals surface area contributed by atoms with E-state index in [1.54, 1.807) is 6.33 Å². The SMILES string of the molecule is CCCc1cc(NCC2(CO)CCCC2)ncn1. The van der Waals surface area contributed by atoms with Crippen molar-refractivity contribution in [2.75, 3.05) is 18.5 Å². The summed E-state index contributed by atoms with van der Waals surface area (Å²) >= 11 is 0. The summed E-state index contributed by atoms with van der Waals surface area (Å²) < 4.78 is 0. The van der Waals surface area contributed by atoms with Crippen molar-refractivity contribution >= 4 is 5.82 Å². The maximum atomic E-state index is 9.56. The molecular weight excluding hydrogens is 226 g/mol. The summed E-state index contributed by atoms with van der Waals surface area (Å²) in [5, 5.41) is 12.9. The first-order chi connectivity index (χ1) is 8.78. The van der Waals surface area contributed by atoms with Gasteiger partial charge in [0.25, 0.3) is 0 Å². The van der Waals surface area contributed by atoms with Gasteiger partial charge in [-0.3, -0.25) is 0 Å². The summed E-state index contributed by atoms with van der Waals surface area (Å²) in [6, 6.07) is 2.02. The van der Waals surface area contributed by atoms with Crippen LogP contribution in [0, 0.1) is 5.41 Å². The Balaban J connectivity index is 1.94. The lowest BCUT2D eigenvalue weighted by Gasteiger charge is -2.26. The number of aliphatic hydroxyl groups is 1. The number of aromatic nitrogens is 2. The molecule has 0 aliphatic heterocycles. The van der Waals surface area contributed by atoms with Crippen molar-refractivity contribution in [1.29, 1.82) is 0 Å². The van der Waals surface area contributed by atoms with Gasteiger partial charge in [-0.2, -0.15) is 0 Å². The molecule has 100 valence electrons. The average Bonchev–Trinajstić information content (AvgIpc) is 2.87. The normalized spacial score (nSPS) is 17.9. The van der Waals surface area contributed by atoms with Gasteiger partial charge in [-0.15, -0.1) is 0 Å². The number of anilines is 1. The predicted molar refractivity (Wildman–Crippen MR) is 72.5 cm³/mol. The quantitative estimate of drug-likeness (QED) is 0.812. The Morgan fingerprint density at radius 2 is 2.11 bits per heavy atom. The molecule has 1 aliphatic carbocycles. The van der Waals surface area contributed by atoms with Crippen LogP contribution in [-0.2, 0) is 6.42 Å². The van der Waals surface area contributed by atoms with Gasteiger partial charge in [0, 0.05) is 23.7 Å². The lowest BCUT2D eigenvalue weighted by atomic mass is 9.87. The van der Waals surface area contributed by atoms with E-state index in [4.69, 9.17) is 0 Å². The third kappa shape index (κ3) is 3.19. The molecule has 0 radical (unpaired) electrons. The van der Waals surface area contributed by atoms with Crippen LogP contribution >= 0.6 is 0 Å². The Labute approximate surface area is 109 Å². The van der Waals surface area contributed by atoms with Crippen molar-refractivity contribution in [1.82, 2.24) is 9.97 Å². The third-order valence-electron chi connectivity index (χ3n) is 3.87. The molecular formula is C14H23N3O. The Bertz CT molecular complexity index is 375. The molecule has 0 unspecified atom stereocenters. The minimum absolute atomic E-state index is 0.0653. The molecule has 0 atom stereocenters. The van der Waals surface area contributed by atoms with E-state index in [-0.39, 0.29) is 12.0 Å². The van der Waals surface area contributed by atoms with E-state index in [0.29, 0.717) is 0 Å². The zero-order valence-electron chi connectivity index (χ0n) is 11.2. The molecule has 1 fully saturated rings. The largest absolute Gasteiger partial charge is 0.396 e. The molecule has 1 aromatic heterocycles. The lowest BCUT2D eigenvalue weighted by Crippen LogP contribution is -2.30. The van der Waals surface area contributed by atoms with Crippen LogP contribution in [0.25, 0.3) is 0 Å². The van der Waals surface area contributed by atoms with Gasteiger partial charge in [-0.25, -0.2) is 9.97 Å². The summed E-state index contributed by atoms with van der Waals surface area (Å²) in [4.78, 5) is 8.49. The number of hydrogen-bond acceptors (Lipinski definition) is 4. The minimum atomic E-state index is 0.0653. The molecule has 18 heavy (non-hydrogen) atoms. The van der Waals surface area contributed by atoms with Gasteiger partial charge < -0.3 is 10.4 Å². The molecule has 2 rings (SSSR count). The summed E-state index contributed by atoms with van der Waals surface area (Å²) in [6.45, 7) is 3.23. The van der Waals surface area contributed by atoms with Crippen LogP contribution in [0.15, 0.2) is 12.4 Å². The van der Waals surface area contributed by atoms with E-state index < -0.39 is 0 Å². The van der Waals surface area contributed by atoms with Gasteiger partial charge in [0.05, 0.1) is 6.61 Å². The maximum Gasteiger partial charge on any atom is 0.129 e. The number of nitrogens with zero attached hydrogens (tertiary/aromatic N) is 2. The predicted octanol–water partition coefficient (Wildman–Crippen LogP) is 2.39. The number of hydrogen-bond donors (Lipinski definition) is 2. The fourth-order valence-corrected chi connectivity index (χ4v) is 2.68. The second-order valence-electron chi connectivity index (χ2n) is 5.36. The summed E-state index contributed by atoms with van der Waals surface area (Å²) in [5.41, 5.74) is 1.15. The number of aliphatic hydroxyl groups excluding tert-OH is 1. The Hall–Kier alpha value is -1.16. The van der Waals surface area contributed by atoms with Gasteiger partial charge in [0.15, 0.2) is 0 Å². The Kier molecular flexibility index (Phi) is 4.53. The van der Waals surface area contributed by atoms with Crippen molar-refractivity contribution < 1.29 is 5.11 Å². The minimum Gasteiger partial charge on any atom is -0.396 e. The third-order valence-corrected chi connectivity index (χ3v) is 3.87. The van der Waals surface area contributed by atoms with E-state index in [2.05, 4.69) is 22.2 Å². The Morgan fingerprint density at radius 1 is 1.33 bits per heavy atom. The van der Waals surface area contributed by atoms with Gasteiger partial charge in [-0.1, -0.05) is 26.2 Å². The highest BCUT2D eigenvalue weighted by atomic mass is 16.3. The number of aryl methyl sites for hydroxylation is 1. The van der Waals surface area contributed by atoms with Crippen LogP contribution in [0.1, 0.15) is 44.7 Å². The van der Waals surface area contributed by atoms with E-state index in [1.165, 1.54) is 12.8 Å². The molecule has 1 heterocycles. The van der Waals surface area contributed by atoms with Crippen LogP contribution in [0.3, 0.4) is 0 Å². The highest BCUT2D eigenvalue weighted by Gasteiger charge is 2.32. The van der Waals surface area contributed by atoms with Crippen molar-refractivity contribution in [3.05, 3.63) is 18.1 Å². The van der Waals surface area contributed by atoms with Crippen molar-refractivity contribution in [2.24, 2.45) is 5.41 Å². The first kappa shape index (κ1) is 13.3. The summed E-state index contributed by atoms with van der Waals surface area (Å²) in [7, 11) is 0. The standard InChI is InChI=1S/C14H23N3O/c1-2-5-12-8-13(17-11-16-12)15-9-14(10-18)6-3-4-7-14/h8,11,18H,2-7,9-10H2,1H3,(H,15,16,17). The topological polar surface area (TPSA) is 58.0 Å². The van der Waals surface area contributed by atoms with E-state index in [1.807, 2.05) is 6.07 Å². The van der Waals surface area contributed by atoms with Crippen molar-refractivity contribution in [2.45, 2.75) is 45.4 Å². The molecule has 1 aromatic rings. The molecule has 0 aromatic carbocycles. The molecule has 4 nitrogen and oxygen atoms in total. The number of rotatable bonds is 6. The van der Waals surface area contributed by atoms with Gasteiger partial charge in [-0.05, 0) is 19.3 Å². The Morgan fingerprint density at radius 3 is 2.78 bits per heavy atom. The van der Waals surface area contributed by atoms with Crippen molar-refractivity contribution in [3.63, 3.8) is 0 Å². The van der Waals surface area contributed by atoms with Gasteiger partial charge in [0.1, 0.15) is 12.1 Å². The molecule has 4 heteroatoms. The molecule has 0 saturated heterocycles. The molecule has 0 bridgehead atoms. The maximum absolute atomic E-state index is 9.56. The molecule has 1 saturated carbocycles. The fourth-order valence-electron chi connectivity index (χ4n) is 2.68. The molecule has 0 spiro atoms. The summed E-state index contributed by atoms with van der Waals surface area (Å²) in [5.74, 6) is 0.883. The van der Waals surface area contributed by atoms with Crippen LogP contribution in [0.4, 0.5) is 5.82 Å². The van der Waals surface area contributed by atoms with Gasteiger partial charge in [0.2, 0.25) is 0 Å². The van der Waals surface area contributed by atoms with E-state index >= 15 is 0 Å². The highest BCUT2D eigenvalue weighted by Crippen LogP contribution is 2.37. The first-order valence-electron chi connectivity index (χ1n) is 6.94. The van der Waals surface area contributed by atoms with Crippen molar-refractivity contribution in [3.8, 4) is 0 Å². The zero-order valence-corrected chi connectivity index (χ0v) is 11.2. The monoisotopic (exact) mass is 249 g/mol.